The number of carbonyl (C=O) groups is 1. The van der Waals surface area contributed by atoms with Crippen molar-refractivity contribution in [2.45, 2.75) is 10.9 Å². The Morgan fingerprint density at radius 1 is 1.03 bits per heavy atom. The van der Waals surface area contributed by atoms with E-state index in [1.54, 1.807) is 42.5 Å². The number of quaternary nitrogens is 1. The molecular formula is C22H22BrN2O4S+. The van der Waals surface area contributed by atoms with Crippen LogP contribution in [-0.4, -0.2) is 28.0 Å². The molecule has 0 aliphatic carbocycles. The first kappa shape index (κ1) is 22.0. The van der Waals surface area contributed by atoms with Crippen LogP contribution in [0.25, 0.3) is 0 Å². The zero-order valence-electron chi connectivity index (χ0n) is 16.3. The fourth-order valence-electron chi connectivity index (χ4n) is 3.09. The minimum Gasteiger partial charge on any atom is -0.465 e. The molecule has 0 saturated heterocycles. The first-order valence-electron chi connectivity index (χ1n) is 9.23. The molecule has 0 aliphatic heterocycles. The lowest BCUT2D eigenvalue weighted by Gasteiger charge is -2.20. The van der Waals surface area contributed by atoms with Crippen molar-refractivity contribution in [3.63, 3.8) is 0 Å². The van der Waals surface area contributed by atoms with Crippen molar-refractivity contribution in [3.8, 4) is 0 Å². The molecule has 3 rings (SSSR count). The van der Waals surface area contributed by atoms with Gasteiger partial charge in [-0.25, -0.2) is 13.2 Å². The predicted molar refractivity (Wildman–Crippen MR) is 118 cm³/mol. The number of hydrogen-bond donors (Lipinski definition) is 2. The molecule has 3 N–H and O–H groups in total. The number of benzene rings is 3. The molecule has 0 heterocycles. The molecule has 3 aromatic carbocycles. The van der Waals surface area contributed by atoms with Gasteiger partial charge in [0.15, 0.2) is 6.54 Å². The zero-order chi connectivity index (χ0) is 21.6. The van der Waals surface area contributed by atoms with E-state index in [1.165, 1.54) is 7.11 Å². The summed E-state index contributed by atoms with van der Waals surface area (Å²) in [5.74, 6) is -0.364. The number of methoxy groups -OCH3 is 1. The molecule has 3 aromatic rings. The number of esters is 1. The highest BCUT2D eigenvalue weighted by Gasteiger charge is 2.25. The summed E-state index contributed by atoms with van der Waals surface area (Å²) < 4.78 is 34.1. The van der Waals surface area contributed by atoms with E-state index >= 15 is 0 Å². The van der Waals surface area contributed by atoms with E-state index in [4.69, 9.17) is 4.74 Å². The highest BCUT2D eigenvalue weighted by molar-refractivity contribution is 9.10. The Labute approximate surface area is 184 Å². The Balaban J connectivity index is 2.03. The second-order valence-electron chi connectivity index (χ2n) is 6.55. The molecule has 0 amide bonds. The van der Waals surface area contributed by atoms with Gasteiger partial charge in [-0.2, -0.15) is 0 Å². The molecule has 6 nitrogen and oxygen atoms in total. The van der Waals surface area contributed by atoms with Gasteiger partial charge < -0.3 is 10.1 Å². The van der Waals surface area contributed by atoms with Crippen LogP contribution in [0.3, 0.4) is 0 Å². The highest BCUT2D eigenvalue weighted by Crippen LogP contribution is 2.30. The van der Waals surface area contributed by atoms with Gasteiger partial charge in [-0.1, -0.05) is 64.5 Å². The van der Waals surface area contributed by atoms with E-state index in [0.717, 1.165) is 15.6 Å². The molecule has 8 heteroatoms. The number of rotatable bonds is 8. The van der Waals surface area contributed by atoms with Gasteiger partial charge in [-0.3, -0.25) is 4.72 Å². The molecule has 30 heavy (non-hydrogen) atoms. The van der Waals surface area contributed by atoms with Gasteiger partial charge >= 0.3 is 5.97 Å². The van der Waals surface area contributed by atoms with Gasteiger partial charge in [0.2, 0.25) is 0 Å². The molecule has 0 fully saturated rings. The Morgan fingerprint density at radius 3 is 2.30 bits per heavy atom. The van der Waals surface area contributed by atoms with Gasteiger partial charge in [0.1, 0.15) is 6.04 Å². The third-order valence-electron chi connectivity index (χ3n) is 4.55. The number of hydrogen-bond acceptors (Lipinski definition) is 4. The molecule has 0 radical (unpaired) electrons. The van der Waals surface area contributed by atoms with Crippen LogP contribution in [0, 0.1) is 0 Å². The highest BCUT2D eigenvalue weighted by atomic mass is 79.9. The van der Waals surface area contributed by atoms with Crippen LogP contribution >= 0.6 is 15.9 Å². The third kappa shape index (κ3) is 5.47. The summed E-state index contributed by atoms with van der Waals surface area (Å²) in [6.07, 6.45) is 0. The lowest BCUT2D eigenvalue weighted by molar-refractivity contribution is -0.677. The lowest BCUT2D eigenvalue weighted by atomic mass is 9.97. The van der Waals surface area contributed by atoms with Crippen molar-refractivity contribution >= 4 is 37.6 Å². The van der Waals surface area contributed by atoms with E-state index in [-0.39, 0.29) is 23.5 Å². The van der Waals surface area contributed by atoms with Crippen LogP contribution in [0.1, 0.15) is 17.2 Å². The van der Waals surface area contributed by atoms with Crippen molar-refractivity contribution in [1.82, 2.24) is 0 Å². The summed E-state index contributed by atoms with van der Waals surface area (Å²) in [5, 5.41) is 1.82. The third-order valence-corrected chi connectivity index (χ3v) is 6.43. The quantitative estimate of drug-likeness (QED) is 0.475. The smallest absolute Gasteiger partial charge is 0.361 e. The predicted octanol–water partition coefficient (Wildman–Crippen LogP) is 3.08. The minimum atomic E-state index is -3.77. The lowest BCUT2D eigenvalue weighted by Crippen LogP contribution is -2.87. The van der Waals surface area contributed by atoms with Crippen molar-refractivity contribution < 1.29 is 23.3 Å². The van der Waals surface area contributed by atoms with E-state index in [9.17, 15) is 13.2 Å². The first-order valence-corrected chi connectivity index (χ1v) is 11.5. The average molecular weight is 490 g/mol. The van der Waals surface area contributed by atoms with E-state index in [2.05, 4.69) is 20.7 Å². The van der Waals surface area contributed by atoms with Gasteiger partial charge in [-0.15, -0.1) is 0 Å². The van der Waals surface area contributed by atoms with Crippen molar-refractivity contribution in [2.24, 2.45) is 0 Å². The molecule has 0 spiro atoms. The Kier molecular flexibility index (Phi) is 7.25. The van der Waals surface area contributed by atoms with Crippen molar-refractivity contribution in [1.29, 1.82) is 0 Å². The van der Waals surface area contributed by atoms with Gasteiger partial charge in [0, 0.05) is 15.6 Å². The molecular weight excluding hydrogens is 468 g/mol. The summed E-state index contributed by atoms with van der Waals surface area (Å²) in [6.45, 7) is 0.0907. The monoisotopic (exact) mass is 489 g/mol. The summed E-state index contributed by atoms with van der Waals surface area (Å²) >= 11 is 3.47. The van der Waals surface area contributed by atoms with Crippen LogP contribution in [-0.2, 0) is 19.6 Å². The van der Waals surface area contributed by atoms with Crippen LogP contribution < -0.4 is 10.0 Å². The number of anilines is 1. The van der Waals surface area contributed by atoms with Crippen molar-refractivity contribution in [2.75, 3.05) is 18.4 Å². The number of carbonyl (C=O) groups excluding carboxylic acids is 1. The van der Waals surface area contributed by atoms with Crippen LogP contribution in [0.4, 0.5) is 5.69 Å². The Hall–Kier alpha value is -2.68. The van der Waals surface area contributed by atoms with Gasteiger partial charge in [0.05, 0.1) is 17.7 Å². The normalized spacial score (nSPS) is 12.2. The molecule has 0 aromatic heterocycles. The Bertz CT molecular complexity index is 1110. The van der Waals surface area contributed by atoms with Crippen LogP contribution in [0.5, 0.6) is 0 Å². The maximum atomic E-state index is 12.9. The molecule has 0 bridgehead atoms. The summed E-state index contributed by atoms with van der Waals surface area (Å²) in [6, 6.07) is 22.8. The van der Waals surface area contributed by atoms with E-state index < -0.39 is 10.0 Å². The van der Waals surface area contributed by atoms with Crippen molar-refractivity contribution in [3.05, 3.63) is 94.5 Å². The van der Waals surface area contributed by atoms with Crippen LogP contribution in [0.15, 0.2) is 88.2 Å². The molecule has 0 aliphatic rings. The molecule has 0 saturated carbocycles. The summed E-state index contributed by atoms with van der Waals surface area (Å²) in [5.41, 5.74) is 2.09. The molecule has 0 unspecified atom stereocenters. The summed E-state index contributed by atoms with van der Waals surface area (Å²) in [4.78, 5) is 11.9. The Morgan fingerprint density at radius 2 is 1.67 bits per heavy atom. The SMILES string of the molecule is COC(=O)C[NH2+][C@@H](c1ccccc1)c1cc(Br)ccc1NS(=O)(=O)c1ccccc1. The van der Waals surface area contributed by atoms with E-state index in [1.807, 2.05) is 41.7 Å². The second-order valence-corrected chi connectivity index (χ2v) is 9.15. The zero-order valence-corrected chi connectivity index (χ0v) is 18.7. The van der Waals surface area contributed by atoms with Crippen LogP contribution in [0.2, 0.25) is 0 Å². The molecule has 1 atom stereocenters. The second kappa shape index (κ2) is 9.88. The standard InChI is InChI=1S/C22H21BrN2O4S/c1-29-21(26)15-24-22(16-8-4-2-5-9-16)19-14-17(23)12-13-20(19)25-30(27,28)18-10-6-3-7-11-18/h2-14,22,24-25H,15H2,1H3/p+1/t22-/m0/s1. The summed E-state index contributed by atoms with van der Waals surface area (Å²) in [7, 11) is -2.43. The number of nitrogens with two attached hydrogens (primary N) is 1. The minimum absolute atomic E-state index is 0.0907. The maximum Gasteiger partial charge on any atom is 0.361 e. The largest absolute Gasteiger partial charge is 0.465 e. The number of halogens is 1. The van der Waals surface area contributed by atoms with Gasteiger partial charge in [-0.05, 0) is 30.3 Å². The number of ether oxygens (including phenoxy) is 1. The van der Waals surface area contributed by atoms with E-state index in [0.29, 0.717) is 5.69 Å². The average Bonchev–Trinajstić information content (AvgIpc) is 2.76. The topological polar surface area (TPSA) is 89.1 Å². The number of nitrogens with one attached hydrogen (secondary N) is 1. The van der Waals surface area contributed by atoms with Gasteiger partial charge in [0.25, 0.3) is 10.0 Å². The number of sulfonamides is 1. The molecule has 156 valence electrons. The maximum absolute atomic E-state index is 12.9. The fourth-order valence-corrected chi connectivity index (χ4v) is 4.58. The fraction of sp³-hybridized carbons (Fsp3) is 0.136. The first-order chi connectivity index (χ1) is 14.4.